The largest absolute Gasteiger partial charge is 0.261 e. The molecule has 30 heavy (non-hydrogen) atoms. The third-order valence-corrected chi connectivity index (χ3v) is 6.88. The Morgan fingerprint density at radius 3 is 2.47 bits per heavy atom. The molecule has 0 radical (unpaired) electrons. The van der Waals surface area contributed by atoms with E-state index in [1.807, 2.05) is 31.2 Å². The van der Waals surface area contributed by atoms with Crippen molar-refractivity contribution >= 4 is 21.6 Å². The maximum atomic E-state index is 12.7. The van der Waals surface area contributed by atoms with Crippen LogP contribution in [0.5, 0.6) is 0 Å². The number of hydrogen-bond donors (Lipinski definition) is 1. The highest BCUT2D eigenvalue weighted by Crippen LogP contribution is 2.20. The third-order valence-electron chi connectivity index (χ3n) is 5.00. The molecule has 1 N–H and O–H groups in total. The van der Waals surface area contributed by atoms with Gasteiger partial charge in [0.2, 0.25) is 10.0 Å². The number of hydrazone groups is 1. The summed E-state index contributed by atoms with van der Waals surface area (Å²) in [6.45, 7) is 3.02. The van der Waals surface area contributed by atoms with Crippen molar-refractivity contribution in [3.8, 4) is 5.69 Å². The topological polar surface area (TPSA) is 105 Å². The lowest BCUT2D eigenvalue weighted by molar-refractivity contribution is 0.346. The number of nitrogens with zero attached hydrogens (tertiary/aromatic N) is 6. The van der Waals surface area contributed by atoms with Gasteiger partial charge in [-0.2, -0.15) is 14.5 Å². The van der Waals surface area contributed by atoms with Crippen LogP contribution in [0.1, 0.15) is 31.7 Å². The minimum absolute atomic E-state index is 0.208. The molecule has 0 aliphatic carbocycles. The van der Waals surface area contributed by atoms with Gasteiger partial charge in [-0.05, 0) is 49.6 Å². The first-order valence-electron chi connectivity index (χ1n) is 9.76. The number of hydrogen-bond acceptors (Lipinski definition) is 7. The fourth-order valence-electron chi connectivity index (χ4n) is 3.26. The van der Waals surface area contributed by atoms with Gasteiger partial charge in [0.05, 0.1) is 11.4 Å². The first-order chi connectivity index (χ1) is 14.5. The van der Waals surface area contributed by atoms with Gasteiger partial charge < -0.3 is 0 Å². The molecule has 1 saturated heterocycles. The van der Waals surface area contributed by atoms with Gasteiger partial charge in [-0.25, -0.2) is 23.1 Å². The van der Waals surface area contributed by atoms with E-state index in [1.54, 1.807) is 23.1 Å². The van der Waals surface area contributed by atoms with Crippen LogP contribution in [0.25, 0.3) is 5.69 Å². The van der Waals surface area contributed by atoms with Crippen molar-refractivity contribution in [1.29, 1.82) is 0 Å². The van der Waals surface area contributed by atoms with Crippen LogP contribution in [0.4, 0.5) is 5.82 Å². The summed E-state index contributed by atoms with van der Waals surface area (Å²) in [6.07, 6.45) is 7.39. The zero-order chi connectivity index (χ0) is 21.0. The highest BCUT2D eigenvalue weighted by atomic mass is 32.2. The van der Waals surface area contributed by atoms with Crippen LogP contribution in [0.2, 0.25) is 0 Å². The lowest BCUT2D eigenvalue weighted by Crippen LogP contribution is -2.35. The number of sulfonamides is 1. The maximum absolute atomic E-state index is 12.7. The van der Waals surface area contributed by atoms with Gasteiger partial charge in [-0.1, -0.05) is 18.6 Å². The Labute approximate surface area is 175 Å². The maximum Gasteiger partial charge on any atom is 0.244 e. The van der Waals surface area contributed by atoms with E-state index in [1.165, 1.54) is 16.8 Å². The molecule has 156 valence electrons. The quantitative estimate of drug-likeness (QED) is 0.481. The molecule has 1 fully saturated rings. The van der Waals surface area contributed by atoms with Crippen LogP contribution in [0.15, 0.2) is 65.2 Å². The van der Waals surface area contributed by atoms with Crippen molar-refractivity contribution in [2.24, 2.45) is 5.10 Å². The first kappa shape index (κ1) is 20.2. The SMILES string of the molecule is C/C(=N\Nc1ccc(S(=O)(=O)N2CCCCC2)cn1)c1ccc(-n2cncn2)cc1. The van der Waals surface area contributed by atoms with E-state index in [2.05, 4.69) is 25.6 Å². The van der Waals surface area contributed by atoms with Crippen molar-refractivity contribution in [1.82, 2.24) is 24.1 Å². The number of aromatic nitrogens is 4. The van der Waals surface area contributed by atoms with Crippen molar-refractivity contribution in [3.05, 3.63) is 60.8 Å². The molecular weight excluding hydrogens is 402 g/mol. The van der Waals surface area contributed by atoms with Gasteiger partial charge in [-0.15, -0.1) is 0 Å². The molecule has 0 saturated carbocycles. The average molecular weight is 426 g/mol. The predicted octanol–water partition coefficient (Wildman–Crippen LogP) is 2.67. The summed E-state index contributed by atoms with van der Waals surface area (Å²) in [6, 6.07) is 10.9. The second kappa shape index (κ2) is 8.72. The molecule has 1 aliphatic heterocycles. The van der Waals surface area contributed by atoms with Crippen LogP contribution in [0, 0.1) is 0 Å². The molecule has 0 bridgehead atoms. The first-order valence-corrected chi connectivity index (χ1v) is 11.2. The molecule has 10 heteroatoms. The van der Waals surface area contributed by atoms with Crippen LogP contribution in [0.3, 0.4) is 0 Å². The summed E-state index contributed by atoms with van der Waals surface area (Å²) < 4.78 is 28.6. The van der Waals surface area contributed by atoms with E-state index in [0.29, 0.717) is 18.9 Å². The van der Waals surface area contributed by atoms with Crippen molar-refractivity contribution in [2.75, 3.05) is 18.5 Å². The van der Waals surface area contributed by atoms with E-state index in [4.69, 9.17) is 0 Å². The van der Waals surface area contributed by atoms with Gasteiger partial charge in [0.25, 0.3) is 0 Å². The van der Waals surface area contributed by atoms with Crippen molar-refractivity contribution in [3.63, 3.8) is 0 Å². The highest BCUT2D eigenvalue weighted by molar-refractivity contribution is 7.89. The number of benzene rings is 1. The van der Waals surface area contributed by atoms with E-state index in [0.717, 1.165) is 36.2 Å². The fraction of sp³-hybridized carbons (Fsp3) is 0.300. The summed E-state index contributed by atoms with van der Waals surface area (Å²) >= 11 is 0. The Kier molecular flexibility index (Phi) is 5.86. The monoisotopic (exact) mass is 425 g/mol. The van der Waals surface area contributed by atoms with E-state index < -0.39 is 10.0 Å². The number of nitrogens with one attached hydrogen (secondary N) is 1. The Hall–Kier alpha value is -3.11. The zero-order valence-corrected chi connectivity index (χ0v) is 17.5. The van der Waals surface area contributed by atoms with Crippen molar-refractivity contribution < 1.29 is 8.42 Å². The van der Waals surface area contributed by atoms with Gasteiger partial charge in [-0.3, -0.25) is 5.43 Å². The molecule has 0 unspecified atom stereocenters. The van der Waals surface area contributed by atoms with Gasteiger partial charge in [0, 0.05) is 19.3 Å². The van der Waals surface area contributed by atoms with E-state index in [-0.39, 0.29) is 4.90 Å². The van der Waals surface area contributed by atoms with Gasteiger partial charge in [0.1, 0.15) is 23.4 Å². The minimum atomic E-state index is -3.48. The summed E-state index contributed by atoms with van der Waals surface area (Å²) in [7, 11) is -3.48. The van der Waals surface area contributed by atoms with Crippen LogP contribution in [-0.2, 0) is 10.0 Å². The summed E-state index contributed by atoms with van der Waals surface area (Å²) in [5, 5.41) is 8.45. The Morgan fingerprint density at radius 2 is 1.83 bits per heavy atom. The second-order valence-corrected chi connectivity index (χ2v) is 8.98. The van der Waals surface area contributed by atoms with Crippen LogP contribution in [-0.4, -0.2) is 51.3 Å². The van der Waals surface area contributed by atoms with E-state index >= 15 is 0 Å². The number of pyridine rings is 1. The Balaban J connectivity index is 1.42. The van der Waals surface area contributed by atoms with Crippen LogP contribution < -0.4 is 5.43 Å². The molecule has 3 aromatic rings. The molecule has 3 heterocycles. The molecule has 9 nitrogen and oxygen atoms in total. The normalized spacial score (nSPS) is 15.8. The predicted molar refractivity (Wildman–Crippen MR) is 114 cm³/mol. The third kappa shape index (κ3) is 4.39. The molecule has 0 amide bonds. The fourth-order valence-corrected chi connectivity index (χ4v) is 4.72. The molecule has 1 aliphatic rings. The second-order valence-electron chi connectivity index (χ2n) is 7.04. The van der Waals surface area contributed by atoms with Crippen LogP contribution >= 0.6 is 0 Å². The minimum Gasteiger partial charge on any atom is -0.261 e. The summed E-state index contributed by atoms with van der Waals surface area (Å²) in [4.78, 5) is 8.36. The smallest absolute Gasteiger partial charge is 0.244 e. The Bertz CT molecular complexity index is 1100. The number of anilines is 1. The van der Waals surface area contributed by atoms with Gasteiger partial charge >= 0.3 is 0 Å². The zero-order valence-electron chi connectivity index (χ0n) is 16.6. The van der Waals surface area contributed by atoms with Crippen molar-refractivity contribution in [2.45, 2.75) is 31.1 Å². The standard InChI is InChI=1S/C20H23N7O2S/c1-16(17-5-7-18(8-6-17)27-15-21-14-23-27)24-25-20-10-9-19(13-22-20)30(28,29)26-11-3-2-4-12-26/h5-10,13-15H,2-4,11-12H2,1H3,(H,22,25)/b24-16+. The summed E-state index contributed by atoms with van der Waals surface area (Å²) in [5.41, 5.74) is 5.50. The number of piperidine rings is 1. The Morgan fingerprint density at radius 1 is 1.07 bits per heavy atom. The molecule has 1 aromatic carbocycles. The molecule has 0 atom stereocenters. The number of rotatable bonds is 6. The summed E-state index contributed by atoms with van der Waals surface area (Å²) in [5.74, 6) is 0.478. The van der Waals surface area contributed by atoms with E-state index in [9.17, 15) is 8.42 Å². The molecular formula is C20H23N7O2S. The highest BCUT2D eigenvalue weighted by Gasteiger charge is 2.26. The van der Waals surface area contributed by atoms with Gasteiger partial charge in [0.15, 0.2) is 0 Å². The molecule has 0 spiro atoms. The lowest BCUT2D eigenvalue weighted by Gasteiger charge is -2.25. The average Bonchev–Trinajstić information content (AvgIpc) is 3.33. The lowest BCUT2D eigenvalue weighted by atomic mass is 10.1. The molecule has 2 aromatic heterocycles. The molecule has 4 rings (SSSR count).